The Morgan fingerprint density at radius 3 is 2.83 bits per heavy atom. The zero-order valence-corrected chi connectivity index (χ0v) is 14.2. The lowest BCUT2D eigenvalue weighted by Gasteiger charge is -2.52. The number of aryl methyl sites for hydroxylation is 1. The lowest BCUT2D eigenvalue weighted by molar-refractivity contribution is -0.0647. The van der Waals surface area contributed by atoms with E-state index in [1.54, 1.807) is 0 Å². The summed E-state index contributed by atoms with van der Waals surface area (Å²) >= 11 is 0. The van der Waals surface area contributed by atoms with Gasteiger partial charge in [0.25, 0.3) is 0 Å². The van der Waals surface area contributed by atoms with E-state index in [4.69, 9.17) is 6.42 Å². The van der Waals surface area contributed by atoms with Gasteiger partial charge in [0, 0.05) is 5.41 Å². The van der Waals surface area contributed by atoms with Crippen molar-refractivity contribution in [2.75, 3.05) is 0 Å². The van der Waals surface area contributed by atoms with Crippen molar-refractivity contribution >= 4 is 0 Å². The molecule has 0 heterocycles. The first kappa shape index (κ1) is 15.6. The van der Waals surface area contributed by atoms with Crippen molar-refractivity contribution in [1.82, 2.24) is 0 Å². The quantitative estimate of drug-likeness (QED) is 0.717. The highest BCUT2D eigenvalue weighted by molar-refractivity contribution is 5.41. The SMILES string of the molecule is C#CC#C[C@]1(O)CCC2C3CCc4cc(O)ccc4C3CCC21C. The van der Waals surface area contributed by atoms with Crippen molar-refractivity contribution < 1.29 is 10.2 Å². The van der Waals surface area contributed by atoms with Crippen molar-refractivity contribution in [3.63, 3.8) is 0 Å². The molecule has 0 spiro atoms. The third-order valence-corrected chi connectivity index (χ3v) is 7.20. The first-order valence-corrected chi connectivity index (χ1v) is 9.00. The molecule has 3 aliphatic carbocycles. The third-order valence-electron chi connectivity index (χ3n) is 7.20. The summed E-state index contributed by atoms with van der Waals surface area (Å²) in [6.45, 7) is 2.22. The fourth-order valence-electron chi connectivity index (χ4n) is 5.93. The molecule has 0 radical (unpaired) electrons. The Morgan fingerprint density at radius 2 is 2.04 bits per heavy atom. The number of rotatable bonds is 0. The molecule has 2 heteroatoms. The molecule has 4 unspecified atom stereocenters. The van der Waals surface area contributed by atoms with Crippen LogP contribution in [0.25, 0.3) is 0 Å². The molecule has 124 valence electrons. The maximum absolute atomic E-state index is 11.2. The number of fused-ring (bicyclic) bond motifs is 5. The Bertz CT molecular complexity index is 777. The van der Waals surface area contributed by atoms with Crippen LogP contribution >= 0.6 is 0 Å². The van der Waals surface area contributed by atoms with Crippen LogP contribution in [0, 0.1) is 41.4 Å². The van der Waals surface area contributed by atoms with Crippen LogP contribution in [-0.4, -0.2) is 15.8 Å². The molecule has 24 heavy (non-hydrogen) atoms. The summed E-state index contributed by atoms with van der Waals surface area (Å²) in [4.78, 5) is 0. The normalized spacial score (nSPS) is 39.6. The van der Waals surface area contributed by atoms with Crippen LogP contribution < -0.4 is 0 Å². The van der Waals surface area contributed by atoms with E-state index >= 15 is 0 Å². The highest BCUT2D eigenvalue weighted by Gasteiger charge is 2.61. The highest BCUT2D eigenvalue weighted by atomic mass is 16.3. The molecule has 2 nitrogen and oxygen atoms in total. The average molecular weight is 320 g/mol. The van der Waals surface area contributed by atoms with Gasteiger partial charge in [-0.3, -0.25) is 0 Å². The molecular weight excluding hydrogens is 296 g/mol. The van der Waals surface area contributed by atoms with Crippen LogP contribution in [0.2, 0.25) is 0 Å². The van der Waals surface area contributed by atoms with Gasteiger partial charge < -0.3 is 10.2 Å². The van der Waals surface area contributed by atoms with Crippen LogP contribution in [0.15, 0.2) is 18.2 Å². The van der Waals surface area contributed by atoms with Crippen molar-refractivity contribution in [1.29, 1.82) is 0 Å². The van der Waals surface area contributed by atoms with E-state index in [0.29, 0.717) is 23.5 Å². The summed E-state index contributed by atoms with van der Waals surface area (Å²) < 4.78 is 0. The van der Waals surface area contributed by atoms with Gasteiger partial charge in [-0.1, -0.05) is 18.9 Å². The smallest absolute Gasteiger partial charge is 0.132 e. The van der Waals surface area contributed by atoms with E-state index in [-0.39, 0.29) is 5.41 Å². The van der Waals surface area contributed by atoms with E-state index in [1.807, 2.05) is 12.1 Å². The van der Waals surface area contributed by atoms with Gasteiger partial charge in [-0.2, -0.15) is 0 Å². The second kappa shape index (κ2) is 5.30. The van der Waals surface area contributed by atoms with Gasteiger partial charge in [0.05, 0.1) is 0 Å². The number of phenols is 1. The minimum atomic E-state index is -0.940. The van der Waals surface area contributed by atoms with Gasteiger partial charge in [-0.05, 0) is 91.4 Å². The van der Waals surface area contributed by atoms with Gasteiger partial charge in [-0.25, -0.2) is 0 Å². The zero-order chi connectivity index (χ0) is 16.9. The minimum absolute atomic E-state index is 0.160. The lowest BCUT2D eigenvalue weighted by atomic mass is 9.53. The van der Waals surface area contributed by atoms with Gasteiger partial charge >= 0.3 is 0 Å². The summed E-state index contributed by atoms with van der Waals surface area (Å²) in [5, 5.41) is 21.0. The van der Waals surface area contributed by atoms with Gasteiger partial charge in [0.1, 0.15) is 11.4 Å². The van der Waals surface area contributed by atoms with Crippen LogP contribution in [-0.2, 0) is 6.42 Å². The van der Waals surface area contributed by atoms with E-state index in [2.05, 4.69) is 30.8 Å². The second-order valence-corrected chi connectivity index (χ2v) is 8.05. The van der Waals surface area contributed by atoms with Gasteiger partial charge in [0.2, 0.25) is 0 Å². The molecule has 2 fully saturated rings. The first-order valence-electron chi connectivity index (χ1n) is 9.00. The number of terminal acetylenes is 1. The first-order chi connectivity index (χ1) is 11.5. The number of phenolic OH excluding ortho intramolecular Hbond substituents is 1. The molecule has 2 saturated carbocycles. The summed E-state index contributed by atoms with van der Waals surface area (Å²) in [5.41, 5.74) is 1.62. The molecule has 1 aromatic rings. The minimum Gasteiger partial charge on any atom is -0.508 e. The summed E-state index contributed by atoms with van der Waals surface area (Å²) in [6.07, 6.45) is 11.3. The van der Waals surface area contributed by atoms with Crippen molar-refractivity contribution in [2.45, 2.75) is 57.0 Å². The molecule has 0 amide bonds. The maximum atomic E-state index is 11.2. The second-order valence-electron chi connectivity index (χ2n) is 8.05. The van der Waals surface area contributed by atoms with Gasteiger partial charge in [0.15, 0.2) is 0 Å². The molecule has 4 rings (SSSR count). The Morgan fingerprint density at radius 1 is 1.21 bits per heavy atom. The van der Waals surface area contributed by atoms with Crippen LogP contribution in [0.5, 0.6) is 5.75 Å². The molecule has 1 aromatic carbocycles. The zero-order valence-electron chi connectivity index (χ0n) is 14.2. The van der Waals surface area contributed by atoms with E-state index < -0.39 is 5.60 Å². The van der Waals surface area contributed by atoms with Crippen LogP contribution in [0.1, 0.15) is 56.1 Å². The fourth-order valence-corrected chi connectivity index (χ4v) is 5.93. The Kier molecular flexibility index (Phi) is 3.45. The molecular formula is C22H24O2. The molecule has 0 bridgehead atoms. The predicted octanol–water partition coefficient (Wildman–Crippen LogP) is 3.62. The Balaban J connectivity index is 1.70. The number of aromatic hydroxyl groups is 1. The molecule has 0 aromatic heterocycles. The summed E-state index contributed by atoms with van der Waals surface area (Å²) in [6, 6.07) is 5.87. The number of hydrogen-bond donors (Lipinski definition) is 2. The molecule has 0 saturated heterocycles. The average Bonchev–Trinajstić information content (AvgIpc) is 2.84. The number of aliphatic hydroxyl groups is 1. The van der Waals surface area contributed by atoms with Crippen molar-refractivity contribution in [2.24, 2.45) is 17.3 Å². The van der Waals surface area contributed by atoms with Crippen molar-refractivity contribution in [3.05, 3.63) is 29.3 Å². The van der Waals surface area contributed by atoms with E-state index in [1.165, 1.54) is 11.1 Å². The summed E-state index contributed by atoms with van der Waals surface area (Å²) in [7, 11) is 0. The van der Waals surface area contributed by atoms with Gasteiger partial charge in [-0.15, -0.1) is 6.42 Å². The molecule has 3 aliphatic rings. The Hall–Kier alpha value is -1.90. The lowest BCUT2D eigenvalue weighted by Crippen LogP contribution is -2.50. The van der Waals surface area contributed by atoms with E-state index in [0.717, 1.165) is 38.5 Å². The largest absolute Gasteiger partial charge is 0.508 e. The number of benzene rings is 1. The predicted molar refractivity (Wildman–Crippen MR) is 94.3 cm³/mol. The van der Waals surface area contributed by atoms with E-state index in [9.17, 15) is 10.2 Å². The monoisotopic (exact) mass is 320 g/mol. The third kappa shape index (κ3) is 2.03. The number of hydrogen-bond acceptors (Lipinski definition) is 2. The van der Waals surface area contributed by atoms with Crippen LogP contribution in [0.4, 0.5) is 0 Å². The molecule has 0 aliphatic heterocycles. The Labute approximate surface area is 144 Å². The highest BCUT2D eigenvalue weighted by Crippen LogP contribution is 2.64. The summed E-state index contributed by atoms with van der Waals surface area (Å²) in [5.74, 6) is 10.1. The molecule has 5 atom stereocenters. The maximum Gasteiger partial charge on any atom is 0.132 e. The molecule has 2 N–H and O–H groups in total. The topological polar surface area (TPSA) is 40.5 Å². The standard InChI is InChI=1S/C22H24O2/c1-3-4-11-22(24)13-10-20-19-7-5-15-14-16(23)6-8-17(15)18(19)9-12-21(20,22)2/h1,6,8,14,18-20,23-24H,5,7,9-10,12-13H2,2H3/t18?,19?,20?,21?,22-/m0/s1. The van der Waals surface area contributed by atoms with Crippen molar-refractivity contribution in [3.8, 4) is 29.9 Å². The van der Waals surface area contributed by atoms with Crippen LogP contribution in [0.3, 0.4) is 0 Å². The fraction of sp³-hybridized carbons (Fsp3) is 0.545.